The summed E-state index contributed by atoms with van der Waals surface area (Å²) in [5, 5.41) is 12.0. The molecule has 0 aromatic carbocycles. The molecule has 0 saturated heterocycles. The van der Waals surface area contributed by atoms with Crippen LogP contribution in [0.4, 0.5) is 0 Å². The van der Waals surface area contributed by atoms with Crippen molar-refractivity contribution in [3.8, 4) is 0 Å². The Morgan fingerprint density at radius 2 is 0.167 bits per heavy atom. The molecule has 34 N–H and O–H groups in total. The summed E-state index contributed by atoms with van der Waals surface area (Å²) in [4.78, 5) is 0. The summed E-state index contributed by atoms with van der Waals surface area (Å²) in [6, 6.07) is 0. The highest BCUT2D eigenvalue weighted by molar-refractivity contribution is 1.82. The lowest BCUT2D eigenvalue weighted by molar-refractivity contribution is -0.176. The lowest BCUT2D eigenvalue weighted by Crippen LogP contribution is -1.29. The first-order valence-corrected chi connectivity index (χ1v) is 0.200. The molecular weight excluding hydrogens is 288 g/mol. The Labute approximate surface area is 99.6 Å². The molecule has 0 aliphatic carbocycles. The second-order valence-electron chi connectivity index (χ2n) is 0. The zero-order valence-electron chi connectivity index (χ0n) is 8.89. The van der Waals surface area contributed by atoms with E-state index < -0.39 is 0 Å². The monoisotopic (exact) mass is 322 g/mol. The van der Waals surface area contributed by atoms with Gasteiger partial charge in [0.05, 0.1) is 0 Å². The van der Waals surface area contributed by atoms with Crippen LogP contribution in [-0.2, 0) is 0 Å². The summed E-state index contributed by atoms with van der Waals surface area (Å²) < 4.78 is 0. The first-order valence-electron chi connectivity index (χ1n) is 0.200. The largest absolute Gasteiger partial charge is 0.412 e. The molecule has 0 aromatic heterocycles. The Morgan fingerprint density at radius 1 is 0.167 bits per heavy atom. The minimum atomic E-state index is 0. The van der Waals surface area contributed by atoms with E-state index in [1.807, 2.05) is 0 Å². The van der Waals surface area contributed by atoms with Gasteiger partial charge in [-0.05, 0) is 0 Å². The summed E-state index contributed by atoms with van der Waals surface area (Å²) in [5.41, 5.74) is 0. The first-order chi connectivity index (χ1) is 1.00. The van der Waals surface area contributed by atoms with E-state index in [0.717, 1.165) is 0 Å². The van der Waals surface area contributed by atoms with Crippen LogP contribution in [0.3, 0.4) is 0 Å². The van der Waals surface area contributed by atoms with E-state index >= 15 is 0 Å². The van der Waals surface area contributed by atoms with Gasteiger partial charge in [0.25, 0.3) is 0 Å². The van der Waals surface area contributed by atoms with Crippen LogP contribution in [0.1, 0.15) is 0 Å². The average molecular weight is 322 g/mol. The zero-order chi connectivity index (χ0) is 2.00. The Hall–Kier alpha value is -0.720. The van der Waals surface area contributed by atoms with Gasteiger partial charge in [0, 0.05) is 0 Å². The van der Waals surface area contributed by atoms with E-state index in [9.17, 15) is 0 Å². The predicted octanol–water partition coefficient (Wildman–Crippen LogP) is -13.2. The summed E-state index contributed by atoms with van der Waals surface area (Å²) in [6.07, 6.45) is 0. The maximum absolute atomic E-state index is 6.00. The molecule has 0 saturated carbocycles. The number of rotatable bonds is 0. The lowest BCUT2D eigenvalue weighted by Gasteiger charge is -1.25. The third-order valence-corrected chi connectivity index (χ3v) is 0. The quantitative estimate of drug-likeness (QED) is 0.323. The number of hydrogen-bond donors (Lipinski definition) is 2. The molecule has 0 rings (SSSR count). The molecule has 18 heavy (non-hydrogen) atoms. The Balaban J connectivity index is -0.0000000000417. The molecule has 18 nitrogen and oxygen atoms in total. The van der Waals surface area contributed by atoms with Crippen molar-refractivity contribution in [3.63, 3.8) is 0 Å². The molecule has 0 aromatic rings. The van der Waals surface area contributed by atoms with Gasteiger partial charge in [-0.15, -0.1) is 0 Å². The van der Waals surface area contributed by atoms with Crippen LogP contribution in [0, 0.1) is 0 Å². The lowest BCUT2D eigenvalue weighted by atomic mass is 15.0. The van der Waals surface area contributed by atoms with Gasteiger partial charge in [0.1, 0.15) is 0 Å². The van der Waals surface area contributed by atoms with Gasteiger partial charge < -0.3 is 87.6 Å². The molecule has 0 atom stereocenters. The van der Waals surface area contributed by atoms with E-state index in [1.165, 1.54) is 0 Å². The highest BCUT2D eigenvalue weighted by atomic mass is 17.0. The van der Waals surface area contributed by atoms with Crippen molar-refractivity contribution in [2.75, 3.05) is 0 Å². The summed E-state index contributed by atoms with van der Waals surface area (Å²) >= 11 is 0. The van der Waals surface area contributed by atoms with E-state index in [0.29, 0.717) is 0 Å². The van der Waals surface area contributed by atoms with E-state index in [2.05, 4.69) is 0 Å². The van der Waals surface area contributed by atoms with Gasteiger partial charge in [0.2, 0.25) is 0 Å². The van der Waals surface area contributed by atoms with Crippen LogP contribution in [0.2, 0.25) is 0 Å². The maximum Gasteiger partial charge on any atom is -0.255 e. The fourth-order valence-corrected chi connectivity index (χ4v) is 0. The van der Waals surface area contributed by atoms with Gasteiger partial charge in [-0.2, -0.15) is 0 Å². The van der Waals surface area contributed by atoms with Crippen molar-refractivity contribution in [2.45, 2.75) is 0 Å². The number of hydrogen-bond acceptors (Lipinski definition) is 2. The molecular formula is H34O18. The molecule has 0 heterocycles. The normalized spacial score (nSPS) is 0.333. The third-order valence-electron chi connectivity index (χ3n) is 0. The standard InChI is InChI=1S/H2O2.16H2O/c1-2;;;;;;;;;;;;;;;;/h1-2H;16*1H2. The van der Waals surface area contributed by atoms with Gasteiger partial charge >= 0.3 is 0 Å². The topological polar surface area (TPSA) is 544 Å². The van der Waals surface area contributed by atoms with Gasteiger partial charge in [-0.25, -0.2) is 0 Å². The minimum Gasteiger partial charge on any atom is -0.412 e. The molecule has 0 radical (unpaired) electrons. The molecule has 18 heteroatoms. The Morgan fingerprint density at radius 3 is 0.167 bits per heavy atom. The van der Waals surface area contributed by atoms with E-state index in [1.54, 1.807) is 0 Å². The molecule has 0 aliphatic rings. The molecule has 0 bridgehead atoms. The fourth-order valence-electron chi connectivity index (χ4n) is 0. The van der Waals surface area contributed by atoms with Gasteiger partial charge in [-0.3, -0.25) is 10.5 Å². The van der Waals surface area contributed by atoms with Crippen molar-refractivity contribution >= 4 is 0 Å². The maximum atomic E-state index is 6.00. The van der Waals surface area contributed by atoms with Crippen molar-refractivity contribution in [2.24, 2.45) is 0 Å². The molecule has 0 fully saturated rings. The van der Waals surface area contributed by atoms with Crippen LogP contribution in [0.15, 0.2) is 0 Å². The second kappa shape index (κ2) is 7330. The van der Waals surface area contributed by atoms with Crippen molar-refractivity contribution in [1.29, 1.82) is 0 Å². The predicted molar refractivity (Wildman–Crippen MR) is 63.1 cm³/mol. The average Bonchev–Trinajstić information content (AvgIpc) is 1.00. The molecule has 0 spiro atoms. The summed E-state index contributed by atoms with van der Waals surface area (Å²) in [6.45, 7) is 0. The van der Waals surface area contributed by atoms with Crippen LogP contribution in [0.25, 0.3) is 0 Å². The first kappa shape index (κ1) is 58400. The highest BCUT2D eigenvalue weighted by Crippen LogP contribution is 0.711. The molecule has 142 valence electrons. The minimum absolute atomic E-state index is 0. The van der Waals surface area contributed by atoms with Gasteiger partial charge in [-0.1, -0.05) is 0 Å². The van der Waals surface area contributed by atoms with Crippen LogP contribution < -0.4 is 0 Å². The fraction of sp³-hybridized carbons (Fsp3) is 0. The van der Waals surface area contributed by atoms with Crippen molar-refractivity contribution in [3.05, 3.63) is 0 Å². The molecule has 0 aliphatic heterocycles. The Bertz CT molecular complexity index is 0. The Kier molecular flexibility index (Phi) is 23800000. The van der Waals surface area contributed by atoms with E-state index in [4.69, 9.17) is 10.5 Å². The van der Waals surface area contributed by atoms with E-state index in [-0.39, 0.29) is 87.6 Å². The van der Waals surface area contributed by atoms with Crippen LogP contribution >= 0.6 is 0 Å². The second-order valence-corrected chi connectivity index (χ2v) is 0. The SMILES string of the molecule is O.O.O.O.O.O.O.O.O.O.O.O.O.O.O.O.OO. The summed E-state index contributed by atoms with van der Waals surface area (Å²) in [5.74, 6) is 0. The highest BCUT2D eigenvalue weighted by Gasteiger charge is 0.745. The van der Waals surface area contributed by atoms with Crippen LogP contribution in [0.5, 0.6) is 0 Å². The van der Waals surface area contributed by atoms with Gasteiger partial charge in [0.15, 0.2) is 0 Å². The summed E-state index contributed by atoms with van der Waals surface area (Å²) in [7, 11) is 0. The molecule has 0 amide bonds. The van der Waals surface area contributed by atoms with Crippen molar-refractivity contribution < 1.29 is 98.1 Å². The zero-order valence-corrected chi connectivity index (χ0v) is 8.89. The third kappa shape index (κ3) is 6010. The van der Waals surface area contributed by atoms with Crippen molar-refractivity contribution in [1.82, 2.24) is 0 Å². The molecule has 0 unspecified atom stereocenters. The van der Waals surface area contributed by atoms with Crippen LogP contribution in [-0.4, -0.2) is 98.1 Å². The smallest absolute Gasteiger partial charge is 0.255 e.